The van der Waals surface area contributed by atoms with Crippen molar-refractivity contribution in [1.82, 2.24) is 4.57 Å². The summed E-state index contributed by atoms with van der Waals surface area (Å²) >= 11 is 0. The molecule has 0 aliphatic heterocycles. The first-order valence-electron chi connectivity index (χ1n) is 8.21. The molecule has 1 heterocycles. The van der Waals surface area contributed by atoms with E-state index in [-0.39, 0.29) is 5.41 Å². The van der Waals surface area contributed by atoms with E-state index in [1.807, 2.05) is 0 Å². The lowest BCUT2D eigenvalue weighted by Gasteiger charge is -2.22. The van der Waals surface area contributed by atoms with Crippen LogP contribution in [0.25, 0.3) is 32.9 Å². The predicted molar refractivity (Wildman–Crippen MR) is 98.0 cm³/mol. The van der Waals surface area contributed by atoms with E-state index in [2.05, 4.69) is 86.1 Å². The van der Waals surface area contributed by atoms with Crippen LogP contribution in [0.4, 0.5) is 0 Å². The normalized spacial score (nSPS) is 15.1. The molecule has 1 heteroatoms. The third-order valence-corrected chi connectivity index (χ3v) is 5.60. The van der Waals surface area contributed by atoms with E-state index in [0.717, 1.165) is 0 Å². The highest BCUT2D eigenvalue weighted by Gasteiger charge is 2.37. The van der Waals surface area contributed by atoms with Crippen LogP contribution in [0.3, 0.4) is 0 Å². The molecule has 1 aromatic heterocycles. The highest BCUT2D eigenvalue weighted by Crippen LogP contribution is 2.52. The first-order valence-corrected chi connectivity index (χ1v) is 8.21. The summed E-state index contributed by atoms with van der Waals surface area (Å²) in [5, 5.41) is 2.78. The van der Waals surface area contributed by atoms with Crippen LogP contribution in [0.15, 0.2) is 60.7 Å². The van der Waals surface area contributed by atoms with Crippen molar-refractivity contribution in [2.75, 3.05) is 0 Å². The van der Waals surface area contributed by atoms with Gasteiger partial charge in [-0.3, -0.25) is 0 Å². The SMILES string of the molecule is Cn1c2ccccc2c2c3c(ccc21)-c1ccccc1C3(C)C. The number of aromatic nitrogens is 1. The van der Waals surface area contributed by atoms with Gasteiger partial charge in [-0.25, -0.2) is 0 Å². The molecule has 5 rings (SSSR count). The molecule has 112 valence electrons. The molecule has 3 aromatic carbocycles. The average Bonchev–Trinajstić information content (AvgIpc) is 2.99. The Bertz CT molecular complexity index is 1100. The minimum Gasteiger partial charge on any atom is -0.344 e. The molecule has 1 aliphatic rings. The molecule has 0 bridgehead atoms. The van der Waals surface area contributed by atoms with Crippen LogP contribution < -0.4 is 0 Å². The summed E-state index contributed by atoms with van der Waals surface area (Å²) < 4.78 is 2.32. The molecule has 1 aliphatic carbocycles. The average molecular weight is 297 g/mol. The van der Waals surface area contributed by atoms with Crippen molar-refractivity contribution in [3.63, 3.8) is 0 Å². The zero-order chi connectivity index (χ0) is 15.8. The van der Waals surface area contributed by atoms with Crippen LogP contribution in [0.2, 0.25) is 0 Å². The molecule has 1 nitrogen and oxygen atoms in total. The predicted octanol–water partition coefficient (Wildman–Crippen LogP) is 5.64. The number of hydrogen-bond acceptors (Lipinski definition) is 0. The van der Waals surface area contributed by atoms with Crippen LogP contribution in [0.5, 0.6) is 0 Å². The first kappa shape index (κ1) is 13.0. The van der Waals surface area contributed by atoms with Crippen molar-refractivity contribution >= 4 is 21.8 Å². The molecule has 0 spiro atoms. The summed E-state index contributed by atoms with van der Waals surface area (Å²) in [6.07, 6.45) is 0. The maximum absolute atomic E-state index is 2.36. The smallest absolute Gasteiger partial charge is 0.0492 e. The quantitative estimate of drug-likeness (QED) is 0.396. The minimum atomic E-state index is 0.0373. The molecule has 0 radical (unpaired) electrons. The molecular weight excluding hydrogens is 278 g/mol. The van der Waals surface area contributed by atoms with Gasteiger partial charge in [-0.05, 0) is 34.4 Å². The van der Waals surface area contributed by atoms with E-state index < -0.39 is 0 Å². The van der Waals surface area contributed by atoms with E-state index in [1.54, 1.807) is 0 Å². The van der Waals surface area contributed by atoms with Crippen LogP contribution in [-0.2, 0) is 12.5 Å². The Hall–Kier alpha value is -2.54. The van der Waals surface area contributed by atoms with Crippen LogP contribution in [-0.4, -0.2) is 4.57 Å². The summed E-state index contributed by atoms with van der Waals surface area (Å²) in [6, 6.07) is 22.2. The lowest BCUT2D eigenvalue weighted by molar-refractivity contribution is 0.666. The second-order valence-corrected chi connectivity index (χ2v) is 7.13. The highest BCUT2D eigenvalue weighted by molar-refractivity contribution is 6.13. The van der Waals surface area contributed by atoms with Crippen molar-refractivity contribution in [3.05, 3.63) is 71.8 Å². The van der Waals surface area contributed by atoms with E-state index in [0.29, 0.717) is 0 Å². The number of fused-ring (bicyclic) bond motifs is 7. The Morgan fingerprint density at radius 1 is 0.739 bits per heavy atom. The Balaban J connectivity index is 2.05. The third kappa shape index (κ3) is 1.43. The van der Waals surface area contributed by atoms with Crippen LogP contribution >= 0.6 is 0 Å². The fourth-order valence-electron chi connectivity index (χ4n) is 4.52. The van der Waals surface area contributed by atoms with Gasteiger partial charge in [0.2, 0.25) is 0 Å². The van der Waals surface area contributed by atoms with Gasteiger partial charge in [-0.1, -0.05) is 62.4 Å². The van der Waals surface area contributed by atoms with Gasteiger partial charge < -0.3 is 4.57 Å². The zero-order valence-corrected chi connectivity index (χ0v) is 13.7. The van der Waals surface area contributed by atoms with Gasteiger partial charge in [0, 0.05) is 34.3 Å². The molecule has 0 N–H and O–H groups in total. The number of benzene rings is 3. The summed E-state index contributed by atoms with van der Waals surface area (Å²) in [5.41, 5.74) is 8.38. The second kappa shape index (κ2) is 4.05. The monoisotopic (exact) mass is 297 g/mol. The topological polar surface area (TPSA) is 4.93 Å². The van der Waals surface area contributed by atoms with Crippen molar-refractivity contribution < 1.29 is 0 Å². The highest BCUT2D eigenvalue weighted by atomic mass is 14.9. The number of rotatable bonds is 0. The largest absolute Gasteiger partial charge is 0.344 e. The van der Waals surface area contributed by atoms with E-state index in [4.69, 9.17) is 0 Å². The standard InChI is InChI=1S/C22H19N/c1-22(2)17-10-6-4-8-14(17)15-12-13-19-20(21(15)22)16-9-5-7-11-18(16)23(19)3/h4-13H,1-3H3. The fraction of sp³-hybridized carbons (Fsp3) is 0.182. The molecule has 0 fully saturated rings. The molecule has 0 atom stereocenters. The maximum Gasteiger partial charge on any atom is 0.0492 e. The van der Waals surface area contributed by atoms with Crippen molar-refractivity contribution in [2.45, 2.75) is 19.3 Å². The zero-order valence-electron chi connectivity index (χ0n) is 13.7. The minimum absolute atomic E-state index is 0.0373. The van der Waals surface area contributed by atoms with Crippen molar-refractivity contribution in [1.29, 1.82) is 0 Å². The number of para-hydroxylation sites is 1. The van der Waals surface area contributed by atoms with E-state index >= 15 is 0 Å². The van der Waals surface area contributed by atoms with Gasteiger partial charge in [0.1, 0.15) is 0 Å². The Morgan fingerprint density at radius 3 is 2.35 bits per heavy atom. The molecule has 23 heavy (non-hydrogen) atoms. The number of aryl methyl sites for hydroxylation is 1. The Kier molecular flexibility index (Phi) is 2.28. The lowest BCUT2D eigenvalue weighted by atomic mass is 9.80. The summed E-state index contributed by atoms with van der Waals surface area (Å²) in [4.78, 5) is 0. The molecular formula is C22H19N. The van der Waals surface area contributed by atoms with Gasteiger partial charge in [-0.15, -0.1) is 0 Å². The van der Waals surface area contributed by atoms with Crippen LogP contribution in [0, 0.1) is 0 Å². The second-order valence-electron chi connectivity index (χ2n) is 7.13. The van der Waals surface area contributed by atoms with Gasteiger partial charge in [0.05, 0.1) is 0 Å². The van der Waals surface area contributed by atoms with Gasteiger partial charge >= 0.3 is 0 Å². The molecule has 0 saturated heterocycles. The number of hydrogen-bond donors (Lipinski definition) is 0. The van der Waals surface area contributed by atoms with Gasteiger partial charge in [0.25, 0.3) is 0 Å². The maximum atomic E-state index is 2.36. The Morgan fingerprint density at radius 2 is 1.48 bits per heavy atom. The number of nitrogens with zero attached hydrogens (tertiary/aromatic N) is 1. The fourth-order valence-corrected chi connectivity index (χ4v) is 4.52. The molecule has 0 unspecified atom stereocenters. The summed E-state index contributed by atoms with van der Waals surface area (Å²) in [5.74, 6) is 0. The van der Waals surface area contributed by atoms with Crippen LogP contribution in [0.1, 0.15) is 25.0 Å². The lowest BCUT2D eigenvalue weighted by Crippen LogP contribution is -2.15. The first-order chi connectivity index (χ1) is 11.1. The van der Waals surface area contributed by atoms with Gasteiger partial charge in [-0.2, -0.15) is 0 Å². The molecule has 4 aromatic rings. The Labute approximate surface area is 136 Å². The van der Waals surface area contributed by atoms with Crippen molar-refractivity contribution in [3.8, 4) is 11.1 Å². The molecule has 0 saturated carbocycles. The van der Waals surface area contributed by atoms with E-state index in [9.17, 15) is 0 Å². The third-order valence-electron chi connectivity index (χ3n) is 5.60. The summed E-state index contributed by atoms with van der Waals surface area (Å²) in [7, 11) is 2.17. The van der Waals surface area contributed by atoms with Gasteiger partial charge in [0.15, 0.2) is 0 Å². The van der Waals surface area contributed by atoms with Crippen molar-refractivity contribution in [2.24, 2.45) is 7.05 Å². The van der Waals surface area contributed by atoms with E-state index in [1.165, 1.54) is 44.1 Å². The summed E-state index contributed by atoms with van der Waals surface area (Å²) in [6.45, 7) is 4.72. The molecule has 0 amide bonds.